The zero-order chi connectivity index (χ0) is 9.68. The smallest absolute Gasteiger partial charge is 0.404 e. The van der Waals surface area contributed by atoms with Crippen LogP contribution in [0.4, 0.5) is 4.79 Å². The Balaban J connectivity index is 2.23. The van der Waals surface area contributed by atoms with Crippen molar-refractivity contribution < 1.29 is 9.90 Å². The first-order chi connectivity index (χ1) is 6.22. The van der Waals surface area contributed by atoms with E-state index in [0.717, 1.165) is 32.1 Å². The van der Waals surface area contributed by atoms with Gasteiger partial charge in [0, 0.05) is 12.5 Å². The van der Waals surface area contributed by atoms with Crippen LogP contribution in [0, 0.1) is 18.3 Å². The summed E-state index contributed by atoms with van der Waals surface area (Å²) in [6.07, 6.45) is 9.09. The van der Waals surface area contributed by atoms with Crippen LogP contribution in [0.5, 0.6) is 0 Å². The van der Waals surface area contributed by atoms with Gasteiger partial charge in [0.05, 0.1) is 0 Å². The first kappa shape index (κ1) is 9.91. The predicted octanol–water partition coefficient (Wildman–Crippen LogP) is 1.84. The van der Waals surface area contributed by atoms with Crippen molar-refractivity contribution in [1.82, 2.24) is 5.32 Å². The van der Waals surface area contributed by atoms with E-state index < -0.39 is 6.09 Å². The molecule has 0 aromatic carbocycles. The highest BCUT2D eigenvalue weighted by molar-refractivity contribution is 5.64. The van der Waals surface area contributed by atoms with Crippen molar-refractivity contribution in [2.75, 3.05) is 0 Å². The third-order valence-electron chi connectivity index (χ3n) is 2.58. The number of terminal acetylenes is 1. The molecule has 1 saturated carbocycles. The Kier molecular flexibility index (Phi) is 3.63. The lowest BCUT2D eigenvalue weighted by Gasteiger charge is -2.27. The number of nitrogens with one attached hydrogen (secondary N) is 1. The van der Waals surface area contributed by atoms with Gasteiger partial charge in [0.15, 0.2) is 0 Å². The van der Waals surface area contributed by atoms with Crippen molar-refractivity contribution in [3.63, 3.8) is 0 Å². The summed E-state index contributed by atoms with van der Waals surface area (Å²) in [5.41, 5.74) is 0. The fourth-order valence-electron chi connectivity index (χ4n) is 1.85. The Morgan fingerprint density at radius 2 is 2.08 bits per heavy atom. The first-order valence-electron chi connectivity index (χ1n) is 4.65. The van der Waals surface area contributed by atoms with Crippen LogP contribution < -0.4 is 5.32 Å². The van der Waals surface area contributed by atoms with Crippen molar-refractivity contribution in [1.29, 1.82) is 0 Å². The summed E-state index contributed by atoms with van der Waals surface area (Å²) in [4.78, 5) is 10.3. The minimum absolute atomic E-state index is 0.145. The van der Waals surface area contributed by atoms with Crippen molar-refractivity contribution in [3.05, 3.63) is 0 Å². The molecule has 1 aliphatic rings. The molecule has 0 saturated heterocycles. The Labute approximate surface area is 78.5 Å². The molecular formula is C10H15NO2. The van der Waals surface area contributed by atoms with E-state index in [1.165, 1.54) is 0 Å². The molecule has 0 radical (unpaired) electrons. The third-order valence-corrected chi connectivity index (χ3v) is 2.58. The summed E-state index contributed by atoms with van der Waals surface area (Å²) < 4.78 is 0. The van der Waals surface area contributed by atoms with Crippen molar-refractivity contribution in [3.8, 4) is 12.3 Å². The van der Waals surface area contributed by atoms with E-state index in [0.29, 0.717) is 5.92 Å². The van der Waals surface area contributed by atoms with E-state index in [2.05, 4.69) is 11.2 Å². The predicted molar refractivity (Wildman–Crippen MR) is 50.4 cm³/mol. The standard InChI is InChI=1S/C10H15NO2/c1-2-3-8-4-6-9(7-5-8)11-10(12)13/h1,8-9,11H,3-7H2,(H,12,13). The monoisotopic (exact) mass is 181 g/mol. The lowest BCUT2D eigenvalue weighted by atomic mass is 9.84. The second-order valence-electron chi connectivity index (χ2n) is 3.58. The third kappa shape index (κ3) is 3.37. The second kappa shape index (κ2) is 4.76. The minimum Gasteiger partial charge on any atom is -0.465 e. The van der Waals surface area contributed by atoms with Crippen LogP contribution in [0.25, 0.3) is 0 Å². The van der Waals surface area contributed by atoms with Crippen molar-refractivity contribution >= 4 is 6.09 Å². The number of carbonyl (C=O) groups is 1. The minimum atomic E-state index is -0.916. The Morgan fingerprint density at radius 3 is 2.54 bits per heavy atom. The van der Waals surface area contributed by atoms with E-state index >= 15 is 0 Å². The lowest BCUT2D eigenvalue weighted by molar-refractivity contribution is 0.182. The highest BCUT2D eigenvalue weighted by Gasteiger charge is 2.21. The molecule has 1 aliphatic carbocycles. The van der Waals surface area contributed by atoms with E-state index in [1.807, 2.05) is 0 Å². The van der Waals surface area contributed by atoms with Gasteiger partial charge < -0.3 is 10.4 Å². The average Bonchev–Trinajstić information content (AvgIpc) is 2.08. The highest BCUT2D eigenvalue weighted by atomic mass is 16.4. The second-order valence-corrected chi connectivity index (χ2v) is 3.58. The van der Waals surface area contributed by atoms with Gasteiger partial charge in [0.2, 0.25) is 0 Å². The van der Waals surface area contributed by atoms with Crippen LogP contribution in [-0.2, 0) is 0 Å². The summed E-state index contributed by atoms with van der Waals surface area (Å²) in [5.74, 6) is 3.26. The molecule has 0 heterocycles. The van der Waals surface area contributed by atoms with E-state index in [9.17, 15) is 4.79 Å². The molecule has 0 atom stereocenters. The largest absolute Gasteiger partial charge is 0.465 e. The highest BCUT2D eigenvalue weighted by Crippen LogP contribution is 2.26. The molecule has 3 nitrogen and oxygen atoms in total. The van der Waals surface area contributed by atoms with Gasteiger partial charge in [-0.25, -0.2) is 4.79 Å². The summed E-state index contributed by atoms with van der Waals surface area (Å²) in [5, 5.41) is 11.0. The molecule has 0 unspecified atom stereocenters. The number of hydrogen-bond acceptors (Lipinski definition) is 1. The fraction of sp³-hybridized carbons (Fsp3) is 0.700. The molecule has 1 rings (SSSR count). The fourth-order valence-corrected chi connectivity index (χ4v) is 1.85. The number of hydrogen-bond donors (Lipinski definition) is 2. The van der Waals surface area contributed by atoms with Gasteiger partial charge in [0.1, 0.15) is 0 Å². The summed E-state index contributed by atoms with van der Waals surface area (Å²) in [6, 6.07) is 0.145. The maximum atomic E-state index is 10.3. The van der Waals surface area contributed by atoms with Gasteiger partial charge in [-0.15, -0.1) is 12.3 Å². The van der Waals surface area contributed by atoms with Crippen LogP contribution in [0.1, 0.15) is 32.1 Å². The van der Waals surface area contributed by atoms with Crippen LogP contribution >= 0.6 is 0 Å². The molecule has 0 aromatic heterocycles. The van der Waals surface area contributed by atoms with Gasteiger partial charge in [0.25, 0.3) is 0 Å². The van der Waals surface area contributed by atoms with Gasteiger partial charge in [-0.2, -0.15) is 0 Å². The zero-order valence-electron chi connectivity index (χ0n) is 7.62. The van der Waals surface area contributed by atoms with Crippen molar-refractivity contribution in [2.24, 2.45) is 5.92 Å². The topological polar surface area (TPSA) is 49.3 Å². The Bertz CT molecular complexity index is 211. The molecule has 0 bridgehead atoms. The maximum Gasteiger partial charge on any atom is 0.404 e. The van der Waals surface area contributed by atoms with Gasteiger partial charge in [-0.3, -0.25) is 0 Å². The van der Waals surface area contributed by atoms with Crippen LogP contribution in [0.2, 0.25) is 0 Å². The molecule has 72 valence electrons. The molecule has 0 aliphatic heterocycles. The normalized spacial score (nSPS) is 27.6. The first-order valence-corrected chi connectivity index (χ1v) is 4.65. The zero-order valence-corrected chi connectivity index (χ0v) is 7.62. The molecular weight excluding hydrogens is 166 g/mol. The number of rotatable bonds is 2. The summed E-state index contributed by atoms with van der Waals surface area (Å²) >= 11 is 0. The lowest BCUT2D eigenvalue weighted by Crippen LogP contribution is -2.36. The number of amides is 1. The molecule has 13 heavy (non-hydrogen) atoms. The molecule has 2 N–H and O–H groups in total. The molecule has 1 amide bonds. The Hall–Kier alpha value is -1.17. The maximum absolute atomic E-state index is 10.3. The van der Waals surface area contributed by atoms with Crippen LogP contribution in [-0.4, -0.2) is 17.2 Å². The summed E-state index contributed by atoms with van der Waals surface area (Å²) in [6.45, 7) is 0. The molecule has 0 spiro atoms. The quantitative estimate of drug-likeness (QED) is 0.638. The summed E-state index contributed by atoms with van der Waals surface area (Å²) in [7, 11) is 0. The van der Waals surface area contributed by atoms with E-state index in [-0.39, 0.29) is 6.04 Å². The Morgan fingerprint density at radius 1 is 1.46 bits per heavy atom. The van der Waals surface area contributed by atoms with Gasteiger partial charge in [-0.05, 0) is 31.6 Å². The van der Waals surface area contributed by atoms with Gasteiger partial charge in [-0.1, -0.05) is 0 Å². The number of carboxylic acid groups (broad SMARTS) is 1. The van der Waals surface area contributed by atoms with Crippen molar-refractivity contribution in [2.45, 2.75) is 38.1 Å². The van der Waals surface area contributed by atoms with E-state index in [1.54, 1.807) is 0 Å². The van der Waals surface area contributed by atoms with Crippen LogP contribution in [0.3, 0.4) is 0 Å². The van der Waals surface area contributed by atoms with E-state index in [4.69, 9.17) is 11.5 Å². The molecule has 0 aromatic rings. The van der Waals surface area contributed by atoms with Gasteiger partial charge >= 0.3 is 6.09 Å². The molecule has 1 fully saturated rings. The van der Waals surface area contributed by atoms with Crippen LogP contribution in [0.15, 0.2) is 0 Å². The SMILES string of the molecule is C#CCC1CCC(NC(=O)O)CC1. The average molecular weight is 181 g/mol. The molecule has 3 heteroatoms.